The lowest BCUT2D eigenvalue weighted by molar-refractivity contribution is 0.107. The maximum absolute atomic E-state index is 6.61. The summed E-state index contributed by atoms with van der Waals surface area (Å²) in [5, 5.41) is 13.7. The van der Waals surface area contributed by atoms with Crippen molar-refractivity contribution in [2.24, 2.45) is 0 Å². The molecule has 2 fully saturated rings. The zero-order chi connectivity index (χ0) is 17.9. The fourth-order valence-corrected chi connectivity index (χ4v) is 4.56. The second-order valence-electron chi connectivity index (χ2n) is 7.31. The van der Waals surface area contributed by atoms with Crippen LogP contribution in [0.25, 0.3) is 0 Å². The van der Waals surface area contributed by atoms with Gasteiger partial charge in [-0.2, -0.15) is 0 Å². The van der Waals surface area contributed by atoms with Gasteiger partial charge in [0, 0.05) is 31.2 Å². The Morgan fingerprint density at radius 3 is 2.54 bits per heavy atom. The third-order valence-corrected chi connectivity index (χ3v) is 6.20. The molecular weight excluding hydrogens is 348 g/mol. The topological polar surface area (TPSA) is 50.1 Å². The average molecular weight is 375 g/mol. The number of halogens is 1. The molecule has 2 aliphatic rings. The summed E-state index contributed by atoms with van der Waals surface area (Å²) in [5.74, 6) is 0.940. The highest BCUT2D eigenvalue weighted by Crippen LogP contribution is 2.36. The number of likely N-dealkylation sites (N-methyl/N-ethyl adjacent to an activating group) is 1. The zero-order valence-electron chi connectivity index (χ0n) is 15.4. The minimum atomic E-state index is 0.0123. The molecule has 1 aromatic heterocycles. The lowest BCUT2D eigenvalue weighted by Crippen LogP contribution is -2.48. The van der Waals surface area contributed by atoms with Crippen LogP contribution in [0.4, 0.5) is 0 Å². The molecule has 0 radical (unpaired) electrons. The van der Waals surface area contributed by atoms with E-state index in [4.69, 9.17) is 11.6 Å². The molecule has 0 amide bonds. The molecule has 1 saturated carbocycles. The van der Waals surface area contributed by atoms with E-state index in [-0.39, 0.29) is 6.04 Å². The molecule has 2 heterocycles. The highest BCUT2D eigenvalue weighted by molar-refractivity contribution is 6.31. The molecule has 2 aromatic rings. The van der Waals surface area contributed by atoms with E-state index in [1.54, 1.807) is 0 Å². The SMILES string of the molecule is CCN1CCN([C@H](c2ccccc2Cl)c2nnnn2C2CCCC2)CC1. The Morgan fingerprint density at radius 2 is 1.85 bits per heavy atom. The Morgan fingerprint density at radius 1 is 1.12 bits per heavy atom. The predicted octanol–water partition coefficient (Wildman–Crippen LogP) is 3.17. The molecule has 7 heteroatoms. The number of tetrazole rings is 1. The van der Waals surface area contributed by atoms with E-state index in [1.807, 2.05) is 12.1 Å². The van der Waals surface area contributed by atoms with Gasteiger partial charge in [-0.05, 0) is 41.4 Å². The van der Waals surface area contributed by atoms with Crippen molar-refractivity contribution in [1.29, 1.82) is 0 Å². The molecule has 1 aromatic carbocycles. The molecule has 26 heavy (non-hydrogen) atoms. The molecule has 140 valence electrons. The van der Waals surface area contributed by atoms with Gasteiger partial charge in [-0.15, -0.1) is 5.10 Å². The Labute approximate surface area is 160 Å². The third kappa shape index (κ3) is 3.50. The minimum Gasteiger partial charge on any atom is -0.301 e. The Kier molecular flexibility index (Phi) is 5.52. The molecule has 0 N–H and O–H groups in total. The summed E-state index contributed by atoms with van der Waals surface area (Å²) in [6.45, 7) is 7.47. The van der Waals surface area contributed by atoms with Crippen LogP contribution >= 0.6 is 11.6 Å². The number of nitrogens with zero attached hydrogens (tertiary/aromatic N) is 6. The smallest absolute Gasteiger partial charge is 0.173 e. The molecule has 0 spiro atoms. The van der Waals surface area contributed by atoms with Gasteiger partial charge in [-0.25, -0.2) is 4.68 Å². The summed E-state index contributed by atoms with van der Waals surface area (Å²) in [6.07, 6.45) is 4.85. The summed E-state index contributed by atoms with van der Waals surface area (Å²) < 4.78 is 2.08. The van der Waals surface area contributed by atoms with Crippen LogP contribution in [0, 0.1) is 0 Å². The lowest BCUT2D eigenvalue weighted by Gasteiger charge is -2.39. The van der Waals surface area contributed by atoms with Gasteiger partial charge in [0.2, 0.25) is 0 Å². The van der Waals surface area contributed by atoms with E-state index in [2.05, 4.69) is 49.1 Å². The number of aromatic nitrogens is 4. The van der Waals surface area contributed by atoms with Crippen molar-refractivity contribution in [1.82, 2.24) is 30.0 Å². The van der Waals surface area contributed by atoms with Crippen molar-refractivity contribution in [3.63, 3.8) is 0 Å². The maximum Gasteiger partial charge on any atom is 0.173 e. The summed E-state index contributed by atoms with van der Waals surface area (Å²) in [6, 6.07) is 8.56. The highest BCUT2D eigenvalue weighted by atomic mass is 35.5. The maximum atomic E-state index is 6.61. The van der Waals surface area contributed by atoms with Crippen molar-refractivity contribution >= 4 is 11.6 Å². The number of hydrogen-bond donors (Lipinski definition) is 0. The van der Waals surface area contributed by atoms with Crippen LogP contribution < -0.4 is 0 Å². The van der Waals surface area contributed by atoms with Gasteiger partial charge in [-0.3, -0.25) is 4.90 Å². The monoisotopic (exact) mass is 374 g/mol. The van der Waals surface area contributed by atoms with E-state index in [1.165, 1.54) is 12.8 Å². The van der Waals surface area contributed by atoms with E-state index in [9.17, 15) is 0 Å². The van der Waals surface area contributed by atoms with E-state index >= 15 is 0 Å². The first-order valence-corrected chi connectivity index (χ1v) is 10.1. The van der Waals surface area contributed by atoms with Crippen LogP contribution in [0.15, 0.2) is 24.3 Å². The Balaban J connectivity index is 1.70. The van der Waals surface area contributed by atoms with Crippen molar-refractivity contribution in [2.45, 2.75) is 44.7 Å². The number of hydrogen-bond acceptors (Lipinski definition) is 5. The van der Waals surface area contributed by atoms with Crippen molar-refractivity contribution in [2.75, 3.05) is 32.7 Å². The lowest BCUT2D eigenvalue weighted by atomic mass is 10.0. The van der Waals surface area contributed by atoms with Crippen LogP contribution in [0.2, 0.25) is 5.02 Å². The molecule has 0 unspecified atom stereocenters. The first-order valence-electron chi connectivity index (χ1n) is 9.76. The molecule has 1 aliphatic heterocycles. The number of benzene rings is 1. The fraction of sp³-hybridized carbons (Fsp3) is 0.632. The van der Waals surface area contributed by atoms with Crippen LogP contribution in [0.1, 0.15) is 56.1 Å². The summed E-state index contributed by atoms with van der Waals surface area (Å²) in [4.78, 5) is 4.98. The average Bonchev–Trinajstić information content (AvgIpc) is 3.35. The Bertz CT molecular complexity index is 718. The van der Waals surface area contributed by atoms with Crippen molar-refractivity contribution in [3.8, 4) is 0 Å². The van der Waals surface area contributed by atoms with Gasteiger partial charge < -0.3 is 4.90 Å². The fourth-order valence-electron chi connectivity index (χ4n) is 4.32. The molecule has 1 atom stereocenters. The van der Waals surface area contributed by atoms with E-state index in [0.29, 0.717) is 6.04 Å². The summed E-state index contributed by atoms with van der Waals surface area (Å²) in [7, 11) is 0. The largest absolute Gasteiger partial charge is 0.301 e. The highest BCUT2D eigenvalue weighted by Gasteiger charge is 2.33. The van der Waals surface area contributed by atoms with Crippen LogP contribution in [0.3, 0.4) is 0 Å². The summed E-state index contributed by atoms with van der Waals surface area (Å²) >= 11 is 6.61. The second-order valence-corrected chi connectivity index (χ2v) is 7.72. The van der Waals surface area contributed by atoms with Crippen LogP contribution in [-0.2, 0) is 0 Å². The number of piperazine rings is 1. The molecule has 4 rings (SSSR count). The molecule has 1 saturated heterocycles. The van der Waals surface area contributed by atoms with E-state index in [0.717, 1.165) is 62.0 Å². The normalized spacial score (nSPS) is 21.3. The first kappa shape index (κ1) is 17.9. The van der Waals surface area contributed by atoms with Crippen LogP contribution in [0.5, 0.6) is 0 Å². The molecule has 6 nitrogen and oxygen atoms in total. The van der Waals surface area contributed by atoms with Crippen molar-refractivity contribution < 1.29 is 0 Å². The minimum absolute atomic E-state index is 0.0123. The van der Waals surface area contributed by atoms with Gasteiger partial charge in [0.1, 0.15) is 0 Å². The second kappa shape index (κ2) is 8.03. The standard InChI is InChI=1S/C19H27ClN6/c1-2-24-11-13-25(14-12-24)18(16-9-5-6-10-17(16)20)19-21-22-23-26(19)15-7-3-4-8-15/h5-6,9-10,15,18H,2-4,7-8,11-14H2,1H3/t18-/m1/s1. The first-order chi connectivity index (χ1) is 12.8. The molecule has 0 bridgehead atoms. The quantitative estimate of drug-likeness (QED) is 0.804. The van der Waals surface area contributed by atoms with Gasteiger partial charge in [0.15, 0.2) is 5.82 Å². The summed E-state index contributed by atoms with van der Waals surface area (Å²) in [5.41, 5.74) is 1.10. The van der Waals surface area contributed by atoms with Gasteiger partial charge in [-0.1, -0.05) is 49.6 Å². The number of rotatable bonds is 5. The Hall–Kier alpha value is -1.50. The predicted molar refractivity (Wildman–Crippen MR) is 102 cm³/mol. The van der Waals surface area contributed by atoms with E-state index < -0.39 is 0 Å². The third-order valence-electron chi connectivity index (χ3n) is 5.85. The molecule has 1 aliphatic carbocycles. The molecular formula is C19H27ClN6. The van der Waals surface area contributed by atoms with Gasteiger partial charge in [0.05, 0.1) is 12.1 Å². The van der Waals surface area contributed by atoms with Gasteiger partial charge >= 0.3 is 0 Å². The zero-order valence-corrected chi connectivity index (χ0v) is 16.1. The van der Waals surface area contributed by atoms with Crippen molar-refractivity contribution in [3.05, 3.63) is 40.7 Å². The van der Waals surface area contributed by atoms with Crippen LogP contribution in [-0.4, -0.2) is 62.7 Å². The van der Waals surface area contributed by atoms with Gasteiger partial charge in [0.25, 0.3) is 0 Å².